The van der Waals surface area contributed by atoms with Crippen LogP contribution in [0.15, 0.2) is 65.7 Å². The number of hydrogen-bond donors (Lipinski definition) is 2. The Morgan fingerprint density at radius 3 is 2.41 bits per heavy atom. The summed E-state index contributed by atoms with van der Waals surface area (Å²) in [5, 5.41) is 3.30. The van der Waals surface area contributed by atoms with E-state index in [1.165, 1.54) is 4.90 Å². The van der Waals surface area contributed by atoms with Crippen LogP contribution in [0.25, 0.3) is 11.1 Å². The third kappa shape index (κ3) is 3.20. The summed E-state index contributed by atoms with van der Waals surface area (Å²) >= 11 is 1.72. The second-order valence-electron chi connectivity index (χ2n) is 4.71. The Bertz CT molecular complexity index is 757. The number of hydrogen-bond acceptors (Lipinski definition) is 5. The molecule has 3 rings (SSSR count). The van der Waals surface area contributed by atoms with Crippen LogP contribution in [0.5, 0.6) is 0 Å². The van der Waals surface area contributed by atoms with Crippen LogP contribution in [-0.2, 0) is 0 Å². The lowest BCUT2D eigenvalue weighted by Gasteiger charge is -2.11. The smallest absolute Gasteiger partial charge is 0.221 e. The number of nitrogens with zero attached hydrogens (tertiary/aromatic N) is 2. The van der Waals surface area contributed by atoms with E-state index in [0.717, 1.165) is 16.8 Å². The summed E-state index contributed by atoms with van der Waals surface area (Å²) in [4.78, 5) is 9.68. The molecular formula is C17H16N4S. The van der Waals surface area contributed by atoms with E-state index in [1.807, 2.05) is 30.3 Å². The molecule has 0 saturated carbocycles. The van der Waals surface area contributed by atoms with E-state index in [-0.39, 0.29) is 5.95 Å². The zero-order valence-corrected chi connectivity index (χ0v) is 13.0. The van der Waals surface area contributed by atoms with E-state index in [9.17, 15) is 0 Å². The van der Waals surface area contributed by atoms with Gasteiger partial charge in [0.05, 0.1) is 0 Å². The molecule has 2 aromatic carbocycles. The number of thioether (sulfide) groups is 1. The van der Waals surface area contributed by atoms with E-state index < -0.39 is 0 Å². The van der Waals surface area contributed by atoms with Crippen LogP contribution < -0.4 is 11.1 Å². The molecule has 0 radical (unpaired) electrons. The fourth-order valence-corrected chi connectivity index (χ4v) is 2.54. The van der Waals surface area contributed by atoms with Crippen LogP contribution in [0, 0.1) is 0 Å². The topological polar surface area (TPSA) is 63.8 Å². The first kappa shape index (κ1) is 14.4. The van der Waals surface area contributed by atoms with Gasteiger partial charge in [-0.05, 0) is 36.1 Å². The molecule has 5 heteroatoms. The van der Waals surface area contributed by atoms with Crippen molar-refractivity contribution in [3.05, 3.63) is 60.8 Å². The number of para-hydroxylation sites is 1. The van der Waals surface area contributed by atoms with Gasteiger partial charge in [-0.25, -0.2) is 4.98 Å². The van der Waals surface area contributed by atoms with E-state index in [0.29, 0.717) is 5.82 Å². The summed E-state index contributed by atoms with van der Waals surface area (Å²) in [5.74, 6) is 0.957. The highest BCUT2D eigenvalue weighted by atomic mass is 32.2. The lowest BCUT2D eigenvalue weighted by Crippen LogP contribution is -2.02. The minimum atomic E-state index is 0.253. The minimum Gasteiger partial charge on any atom is -0.368 e. The van der Waals surface area contributed by atoms with Gasteiger partial charge in [-0.2, -0.15) is 4.98 Å². The summed E-state index contributed by atoms with van der Waals surface area (Å²) < 4.78 is 0. The highest BCUT2D eigenvalue weighted by Crippen LogP contribution is 2.29. The molecule has 4 nitrogen and oxygen atoms in total. The third-order valence-corrected chi connectivity index (χ3v) is 3.99. The maximum Gasteiger partial charge on any atom is 0.221 e. The van der Waals surface area contributed by atoms with Crippen LogP contribution >= 0.6 is 11.8 Å². The summed E-state index contributed by atoms with van der Waals surface area (Å²) in [5.41, 5.74) is 8.67. The molecule has 22 heavy (non-hydrogen) atoms. The second-order valence-corrected chi connectivity index (χ2v) is 5.59. The van der Waals surface area contributed by atoms with Crippen molar-refractivity contribution in [2.24, 2.45) is 0 Å². The predicted molar refractivity (Wildman–Crippen MR) is 93.4 cm³/mol. The standard InChI is InChI=1S/C17H16N4S/c1-22-14-9-7-12(8-10-14)15-11-19-17(18)21-16(15)20-13-5-3-2-4-6-13/h2-11H,1H3,(H3,18,19,20,21). The van der Waals surface area contributed by atoms with Crippen LogP contribution in [-0.4, -0.2) is 16.2 Å². The number of nitrogen functional groups attached to an aromatic ring is 1. The second kappa shape index (κ2) is 6.49. The van der Waals surface area contributed by atoms with Crippen molar-refractivity contribution in [1.82, 2.24) is 9.97 Å². The Morgan fingerprint density at radius 1 is 1.00 bits per heavy atom. The van der Waals surface area contributed by atoms with Gasteiger partial charge in [0.2, 0.25) is 5.95 Å². The van der Waals surface area contributed by atoms with E-state index in [4.69, 9.17) is 5.73 Å². The zero-order valence-electron chi connectivity index (χ0n) is 12.2. The number of anilines is 3. The molecule has 0 aliphatic carbocycles. The van der Waals surface area contributed by atoms with Gasteiger partial charge in [-0.3, -0.25) is 0 Å². The summed E-state index contributed by atoms with van der Waals surface area (Å²) in [7, 11) is 0. The molecule has 0 aliphatic heterocycles. The molecule has 0 atom stereocenters. The summed E-state index contributed by atoms with van der Waals surface area (Å²) in [6.45, 7) is 0. The van der Waals surface area contributed by atoms with Crippen LogP contribution in [0.2, 0.25) is 0 Å². The van der Waals surface area contributed by atoms with Crippen molar-refractivity contribution in [3.63, 3.8) is 0 Å². The third-order valence-electron chi connectivity index (χ3n) is 3.24. The zero-order chi connectivity index (χ0) is 15.4. The Kier molecular flexibility index (Phi) is 4.25. The van der Waals surface area contributed by atoms with E-state index in [2.05, 4.69) is 45.8 Å². The van der Waals surface area contributed by atoms with Crippen LogP contribution in [0.1, 0.15) is 0 Å². The molecular weight excluding hydrogens is 292 g/mol. The average Bonchev–Trinajstić information content (AvgIpc) is 2.56. The van der Waals surface area contributed by atoms with Crippen LogP contribution in [0.3, 0.4) is 0 Å². The molecule has 1 aromatic heterocycles. The number of rotatable bonds is 4. The average molecular weight is 308 g/mol. The van der Waals surface area contributed by atoms with Gasteiger partial charge in [0.25, 0.3) is 0 Å². The number of benzene rings is 2. The van der Waals surface area contributed by atoms with Crippen molar-refractivity contribution < 1.29 is 0 Å². The first-order valence-electron chi connectivity index (χ1n) is 6.85. The van der Waals surface area contributed by atoms with Crippen molar-refractivity contribution in [2.75, 3.05) is 17.3 Å². The molecule has 3 N–H and O–H groups in total. The maximum atomic E-state index is 5.74. The molecule has 0 spiro atoms. The van der Waals surface area contributed by atoms with Gasteiger partial charge in [0.15, 0.2) is 0 Å². The highest BCUT2D eigenvalue weighted by Gasteiger charge is 2.09. The minimum absolute atomic E-state index is 0.253. The first-order chi connectivity index (χ1) is 10.8. The van der Waals surface area contributed by atoms with Gasteiger partial charge in [-0.1, -0.05) is 30.3 Å². The molecule has 0 saturated heterocycles. The van der Waals surface area contributed by atoms with Crippen molar-refractivity contribution in [3.8, 4) is 11.1 Å². The summed E-state index contributed by atoms with van der Waals surface area (Å²) in [6.07, 6.45) is 3.81. The molecule has 110 valence electrons. The lowest BCUT2D eigenvalue weighted by molar-refractivity contribution is 1.19. The predicted octanol–water partition coefficient (Wildman–Crippen LogP) is 4.19. The van der Waals surface area contributed by atoms with Gasteiger partial charge in [0, 0.05) is 22.3 Å². The molecule has 1 heterocycles. The first-order valence-corrected chi connectivity index (χ1v) is 8.08. The Labute approximate surface area is 133 Å². The van der Waals surface area contributed by atoms with E-state index in [1.54, 1.807) is 18.0 Å². The molecule has 0 unspecified atom stereocenters. The van der Waals surface area contributed by atoms with Gasteiger partial charge in [-0.15, -0.1) is 11.8 Å². The van der Waals surface area contributed by atoms with E-state index >= 15 is 0 Å². The normalized spacial score (nSPS) is 10.4. The van der Waals surface area contributed by atoms with Crippen molar-refractivity contribution in [1.29, 1.82) is 0 Å². The maximum absolute atomic E-state index is 5.74. The SMILES string of the molecule is CSc1ccc(-c2cnc(N)nc2Nc2ccccc2)cc1. The largest absolute Gasteiger partial charge is 0.368 e. The molecule has 0 aliphatic rings. The van der Waals surface area contributed by atoms with Gasteiger partial charge >= 0.3 is 0 Å². The molecule has 3 aromatic rings. The van der Waals surface area contributed by atoms with Gasteiger partial charge in [0.1, 0.15) is 5.82 Å². The quantitative estimate of drug-likeness (QED) is 0.707. The highest BCUT2D eigenvalue weighted by molar-refractivity contribution is 7.98. The summed E-state index contributed by atoms with van der Waals surface area (Å²) in [6, 6.07) is 18.2. The number of nitrogens with two attached hydrogens (primary N) is 1. The molecule has 0 amide bonds. The Balaban J connectivity index is 1.99. The fraction of sp³-hybridized carbons (Fsp3) is 0.0588. The monoisotopic (exact) mass is 308 g/mol. The fourth-order valence-electron chi connectivity index (χ4n) is 2.13. The van der Waals surface area contributed by atoms with Crippen molar-refractivity contribution >= 4 is 29.2 Å². The number of nitrogens with one attached hydrogen (secondary N) is 1. The number of aromatic nitrogens is 2. The van der Waals surface area contributed by atoms with Gasteiger partial charge < -0.3 is 11.1 Å². The Morgan fingerprint density at radius 2 is 1.73 bits per heavy atom. The molecule has 0 bridgehead atoms. The Hall–Kier alpha value is -2.53. The van der Waals surface area contributed by atoms with Crippen molar-refractivity contribution in [2.45, 2.75) is 4.90 Å². The van der Waals surface area contributed by atoms with Crippen LogP contribution in [0.4, 0.5) is 17.5 Å². The lowest BCUT2D eigenvalue weighted by atomic mass is 10.1. The molecule has 0 fully saturated rings.